The minimum absolute atomic E-state index is 0.00206. The molecular formula is C15H18ClN3O2S. The molecule has 1 rings (SSSR count). The number of carbonyl (C=O) groups is 1. The van der Waals surface area contributed by atoms with Gasteiger partial charge in [0.05, 0.1) is 11.6 Å². The van der Waals surface area contributed by atoms with Gasteiger partial charge in [0.25, 0.3) is 0 Å². The van der Waals surface area contributed by atoms with Gasteiger partial charge in [0.2, 0.25) is 0 Å². The zero-order valence-corrected chi connectivity index (χ0v) is 14.1. The van der Waals surface area contributed by atoms with Gasteiger partial charge in [0, 0.05) is 12.7 Å². The van der Waals surface area contributed by atoms with Crippen LogP contribution < -0.4 is 5.32 Å². The third-order valence-electron chi connectivity index (χ3n) is 2.51. The van der Waals surface area contributed by atoms with Gasteiger partial charge in [-0.2, -0.15) is 5.26 Å². The van der Waals surface area contributed by atoms with E-state index in [-0.39, 0.29) is 5.57 Å². The van der Waals surface area contributed by atoms with Crippen LogP contribution in [0.5, 0.6) is 0 Å². The molecule has 0 spiro atoms. The molecule has 22 heavy (non-hydrogen) atoms. The first kappa shape index (κ1) is 18.3. The van der Waals surface area contributed by atoms with Crippen molar-refractivity contribution >= 4 is 29.3 Å². The summed E-state index contributed by atoms with van der Waals surface area (Å²) in [4.78, 5) is 15.9. The Balaban J connectivity index is 2.84. The topological polar surface area (TPSA) is 75.0 Å². The van der Waals surface area contributed by atoms with Crippen molar-refractivity contribution in [3.8, 4) is 6.07 Å². The van der Waals surface area contributed by atoms with E-state index < -0.39 is 5.97 Å². The van der Waals surface area contributed by atoms with Gasteiger partial charge >= 0.3 is 5.97 Å². The number of thioether (sulfide) groups is 1. The number of pyridine rings is 1. The Morgan fingerprint density at radius 3 is 2.82 bits per heavy atom. The number of rotatable bonds is 8. The highest BCUT2D eigenvalue weighted by atomic mass is 35.5. The van der Waals surface area contributed by atoms with Crippen LogP contribution in [0.3, 0.4) is 0 Å². The highest BCUT2D eigenvalue weighted by molar-refractivity contribution is 8.03. The molecule has 0 aliphatic rings. The highest BCUT2D eigenvalue weighted by Gasteiger charge is 2.17. The fourth-order valence-electron chi connectivity index (χ4n) is 1.51. The maximum Gasteiger partial charge on any atom is 0.351 e. The van der Waals surface area contributed by atoms with E-state index in [1.54, 1.807) is 12.3 Å². The molecule has 1 aromatic heterocycles. The molecule has 118 valence electrons. The van der Waals surface area contributed by atoms with E-state index in [1.807, 2.05) is 26.0 Å². The van der Waals surface area contributed by atoms with Crippen LogP contribution in [-0.2, 0) is 16.1 Å². The summed E-state index contributed by atoms with van der Waals surface area (Å²) >= 11 is 7.13. The van der Waals surface area contributed by atoms with E-state index in [0.29, 0.717) is 29.8 Å². The summed E-state index contributed by atoms with van der Waals surface area (Å²) in [5.41, 5.74) is 0.903. The molecule has 0 aromatic carbocycles. The molecule has 0 saturated carbocycles. The minimum atomic E-state index is -0.595. The van der Waals surface area contributed by atoms with E-state index in [0.717, 1.165) is 11.3 Å². The average molecular weight is 340 g/mol. The molecule has 0 amide bonds. The molecule has 1 N–H and O–H groups in total. The first-order chi connectivity index (χ1) is 10.6. The van der Waals surface area contributed by atoms with E-state index in [9.17, 15) is 10.1 Å². The van der Waals surface area contributed by atoms with E-state index >= 15 is 0 Å². The van der Waals surface area contributed by atoms with Gasteiger partial charge in [0.15, 0.2) is 5.57 Å². The second-order valence-corrected chi connectivity index (χ2v) is 5.89. The maximum atomic E-state index is 11.9. The second-order valence-electron chi connectivity index (χ2n) is 4.23. The van der Waals surface area contributed by atoms with Crippen LogP contribution in [0, 0.1) is 11.3 Å². The fraction of sp³-hybridized carbons (Fsp3) is 0.400. The summed E-state index contributed by atoms with van der Waals surface area (Å²) in [6.45, 7) is 4.59. The number of halogens is 1. The van der Waals surface area contributed by atoms with Crippen molar-refractivity contribution in [2.45, 2.75) is 26.8 Å². The Hall–Kier alpha value is -1.71. The Morgan fingerprint density at radius 1 is 1.50 bits per heavy atom. The van der Waals surface area contributed by atoms with Crippen molar-refractivity contribution in [2.24, 2.45) is 0 Å². The van der Waals surface area contributed by atoms with Crippen LogP contribution in [0.25, 0.3) is 0 Å². The lowest BCUT2D eigenvalue weighted by atomic mass is 10.3. The zero-order chi connectivity index (χ0) is 16.4. The molecule has 0 saturated heterocycles. The van der Waals surface area contributed by atoms with E-state index in [1.165, 1.54) is 11.8 Å². The van der Waals surface area contributed by atoms with Crippen LogP contribution in [0.2, 0.25) is 5.15 Å². The number of hydrogen-bond acceptors (Lipinski definition) is 6. The molecule has 0 aliphatic carbocycles. The molecule has 1 aromatic rings. The minimum Gasteiger partial charge on any atom is -0.462 e. The lowest BCUT2D eigenvalue weighted by Crippen LogP contribution is -2.18. The molecule has 0 unspecified atom stereocenters. The molecule has 7 heteroatoms. The SMILES string of the molecule is CCCOC(=O)/C(C#N)=C(\NCc1ccc(Cl)nc1)SCC. The highest BCUT2D eigenvalue weighted by Crippen LogP contribution is 2.19. The molecular weight excluding hydrogens is 322 g/mol. The summed E-state index contributed by atoms with van der Waals surface area (Å²) in [6.07, 6.45) is 2.36. The molecule has 0 atom stereocenters. The lowest BCUT2D eigenvalue weighted by Gasteiger charge is -2.12. The summed E-state index contributed by atoms with van der Waals surface area (Å²) in [5.74, 6) is 0.134. The van der Waals surface area contributed by atoms with Crippen molar-refractivity contribution in [3.05, 3.63) is 39.6 Å². The zero-order valence-electron chi connectivity index (χ0n) is 12.6. The summed E-state index contributed by atoms with van der Waals surface area (Å²) in [6, 6.07) is 5.45. The maximum absolute atomic E-state index is 11.9. The molecule has 0 radical (unpaired) electrons. The first-order valence-corrected chi connectivity index (χ1v) is 8.27. The standard InChI is InChI=1S/C15H18ClN3O2S/c1-3-7-21-15(20)12(8-17)14(22-4-2)19-10-11-5-6-13(16)18-9-11/h5-6,9,19H,3-4,7,10H2,1-2H3/b14-12+. The van der Waals surface area contributed by atoms with Crippen LogP contribution in [0.15, 0.2) is 28.9 Å². The summed E-state index contributed by atoms with van der Waals surface area (Å²) in [7, 11) is 0. The quantitative estimate of drug-likeness (QED) is 0.339. The van der Waals surface area contributed by atoms with Gasteiger partial charge in [-0.3, -0.25) is 0 Å². The van der Waals surface area contributed by atoms with E-state index in [4.69, 9.17) is 16.3 Å². The van der Waals surface area contributed by atoms with Gasteiger partial charge in [-0.15, -0.1) is 11.8 Å². The Kier molecular flexibility index (Phi) is 8.41. The van der Waals surface area contributed by atoms with Crippen LogP contribution in [0.1, 0.15) is 25.8 Å². The van der Waals surface area contributed by atoms with Gasteiger partial charge in [-0.05, 0) is 23.8 Å². The van der Waals surface area contributed by atoms with Crippen molar-refractivity contribution < 1.29 is 9.53 Å². The van der Waals surface area contributed by atoms with Crippen molar-refractivity contribution in [2.75, 3.05) is 12.4 Å². The summed E-state index contributed by atoms with van der Waals surface area (Å²) in [5, 5.41) is 13.3. The van der Waals surface area contributed by atoms with Crippen molar-refractivity contribution in [3.63, 3.8) is 0 Å². The molecule has 1 heterocycles. The van der Waals surface area contributed by atoms with Crippen LogP contribution >= 0.6 is 23.4 Å². The largest absolute Gasteiger partial charge is 0.462 e. The third-order valence-corrected chi connectivity index (χ3v) is 3.66. The smallest absolute Gasteiger partial charge is 0.351 e. The normalized spacial score (nSPS) is 11.4. The lowest BCUT2D eigenvalue weighted by molar-refractivity contribution is -0.138. The number of esters is 1. The Bertz CT molecular complexity index is 567. The number of nitrogens with zero attached hydrogens (tertiary/aromatic N) is 2. The first-order valence-electron chi connectivity index (χ1n) is 6.90. The Labute approximate surface area is 139 Å². The van der Waals surface area contributed by atoms with Gasteiger partial charge in [-0.25, -0.2) is 9.78 Å². The summed E-state index contributed by atoms with van der Waals surface area (Å²) < 4.78 is 5.04. The molecule has 5 nitrogen and oxygen atoms in total. The predicted molar refractivity (Wildman–Crippen MR) is 88.1 cm³/mol. The van der Waals surface area contributed by atoms with Crippen molar-refractivity contribution in [1.82, 2.24) is 10.3 Å². The Morgan fingerprint density at radius 2 is 2.27 bits per heavy atom. The number of nitrogens with one attached hydrogen (secondary N) is 1. The average Bonchev–Trinajstić information content (AvgIpc) is 2.52. The molecule has 0 aliphatic heterocycles. The monoisotopic (exact) mass is 339 g/mol. The van der Waals surface area contributed by atoms with Crippen molar-refractivity contribution in [1.29, 1.82) is 5.26 Å². The predicted octanol–water partition coefficient (Wildman–Crippen LogP) is 3.27. The van der Waals surface area contributed by atoms with E-state index in [2.05, 4.69) is 10.3 Å². The van der Waals surface area contributed by atoms with Gasteiger partial charge in [-0.1, -0.05) is 31.5 Å². The second kappa shape index (κ2) is 10.1. The van der Waals surface area contributed by atoms with Gasteiger partial charge < -0.3 is 10.1 Å². The van der Waals surface area contributed by atoms with Gasteiger partial charge in [0.1, 0.15) is 11.2 Å². The molecule has 0 fully saturated rings. The number of nitriles is 1. The number of aromatic nitrogens is 1. The number of ether oxygens (including phenoxy) is 1. The van der Waals surface area contributed by atoms with Crippen LogP contribution in [-0.4, -0.2) is 23.3 Å². The number of carbonyl (C=O) groups excluding carboxylic acids is 1. The fourth-order valence-corrected chi connectivity index (χ4v) is 2.35. The molecule has 0 bridgehead atoms. The third kappa shape index (κ3) is 5.96. The number of hydrogen-bond donors (Lipinski definition) is 1. The van der Waals surface area contributed by atoms with Crippen LogP contribution in [0.4, 0.5) is 0 Å².